The van der Waals surface area contributed by atoms with Crippen LogP contribution in [-0.2, 0) is 0 Å². The average Bonchev–Trinajstić information content (AvgIpc) is 2.48. The number of carbonyl (C=O) groups excluding carboxylic acids is 1. The number of hydrogen-bond donors (Lipinski definition) is 2. The maximum absolute atomic E-state index is 12.4. The van der Waals surface area contributed by atoms with Crippen LogP contribution in [0.5, 0.6) is 0 Å². The number of rotatable bonds is 4. The molecule has 0 unspecified atom stereocenters. The Labute approximate surface area is 136 Å². The largest absolute Gasteiger partial charge is 0.378 e. The van der Waals surface area contributed by atoms with Crippen LogP contribution in [0.1, 0.15) is 41.4 Å². The monoisotopic (exact) mass is 313 g/mol. The van der Waals surface area contributed by atoms with Crippen LogP contribution in [0.2, 0.25) is 0 Å². The molecular formula is C18H23N3O2. The standard InChI is InChI=1S/C18H23N3O2/c1-11(2)16-9-13(10-17(22)19-16)18(23)20-15-7-6-14(21(4)5)8-12(15)3/h6-11H,1-5H3,(H,19,22)(H,20,23). The van der Waals surface area contributed by atoms with E-state index in [0.717, 1.165) is 22.6 Å². The molecule has 0 saturated carbocycles. The van der Waals surface area contributed by atoms with Crippen molar-refractivity contribution < 1.29 is 4.79 Å². The Morgan fingerprint density at radius 3 is 2.43 bits per heavy atom. The van der Waals surface area contributed by atoms with Gasteiger partial charge in [-0.1, -0.05) is 13.8 Å². The average molecular weight is 313 g/mol. The molecule has 1 heterocycles. The summed E-state index contributed by atoms with van der Waals surface area (Å²) < 4.78 is 0. The summed E-state index contributed by atoms with van der Waals surface area (Å²) in [6.45, 7) is 5.88. The molecule has 1 aromatic carbocycles. The molecule has 1 aromatic heterocycles. The number of carbonyl (C=O) groups is 1. The summed E-state index contributed by atoms with van der Waals surface area (Å²) >= 11 is 0. The number of benzene rings is 1. The summed E-state index contributed by atoms with van der Waals surface area (Å²) in [5.74, 6) is -0.129. The van der Waals surface area contributed by atoms with Crippen molar-refractivity contribution in [3.05, 3.63) is 57.5 Å². The molecule has 0 aliphatic rings. The van der Waals surface area contributed by atoms with Crippen molar-refractivity contribution >= 4 is 17.3 Å². The molecule has 5 nitrogen and oxygen atoms in total. The summed E-state index contributed by atoms with van der Waals surface area (Å²) in [6, 6.07) is 8.88. The number of hydrogen-bond acceptors (Lipinski definition) is 3. The van der Waals surface area contributed by atoms with Gasteiger partial charge >= 0.3 is 0 Å². The second-order valence-electron chi connectivity index (χ2n) is 6.19. The molecule has 0 saturated heterocycles. The zero-order valence-corrected chi connectivity index (χ0v) is 14.2. The molecule has 0 atom stereocenters. The molecule has 2 N–H and O–H groups in total. The van der Waals surface area contributed by atoms with Gasteiger partial charge in [0.2, 0.25) is 5.56 Å². The van der Waals surface area contributed by atoms with E-state index in [0.29, 0.717) is 5.56 Å². The lowest BCUT2D eigenvalue weighted by atomic mass is 10.1. The normalized spacial score (nSPS) is 10.7. The predicted molar refractivity (Wildman–Crippen MR) is 94.6 cm³/mol. The molecule has 0 fully saturated rings. The van der Waals surface area contributed by atoms with Gasteiger partial charge in [0.1, 0.15) is 0 Å². The van der Waals surface area contributed by atoms with E-state index in [1.165, 1.54) is 6.07 Å². The Kier molecular flexibility index (Phi) is 4.89. The van der Waals surface area contributed by atoms with Gasteiger partial charge in [0.05, 0.1) is 0 Å². The van der Waals surface area contributed by atoms with Gasteiger partial charge in [-0.05, 0) is 42.7 Å². The molecule has 1 amide bonds. The highest BCUT2D eigenvalue weighted by molar-refractivity contribution is 6.04. The van der Waals surface area contributed by atoms with E-state index in [9.17, 15) is 9.59 Å². The fourth-order valence-electron chi connectivity index (χ4n) is 2.27. The molecule has 2 rings (SSSR count). The van der Waals surface area contributed by atoms with Crippen LogP contribution < -0.4 is 15.8 Å². The quantitative estimate of drug-likeness (QED) is 0.911. The Hall–Kier alpha value is -2.56. The van der Waals surface area contributed by atoms with Crippen LogP contribution in [0.15, 0.2) is 35.1 Å². The predicted octanol–water partition coefficient (Wildman–Crippen LogP) is 3.13. The second-order valence-corrected chi connectivity index (χ2v) is 6.19. The molecule has 0 aliphatic carbocycles. The molecule has 0 bridgehead atoms. The van der Waals surface area contributed by atoms with Crippen LogP contribution in [0.25, 0.3) is 0 Å². The van der Waals surface area contributed by atoms with Crippen LogP contribution in [0, 0.1) is 6.92 Å². The molecular weight excluding hydrogens is 290 g/mol. The van der Waals surface area contributed by atoms with Crippen molar-refractivity contribution in [3.63, 3.8) is 0 Å². The first-order chi connectivity index (χ1) is 10.8. The third kappa shape index (κ3) is 4.00. The number of nitrogens with one attached hydrogen (secondary N) is 2. The first kappa shape index (κ1) is 16.8. The first-order valence-electron chi connectivity index (χ1n) is 7.61. The fourth-order valence-corrected chi connectivity index (χ4v) is 2.27. The zero-order chi connectivity index (χ0) is 17.1. The smallest absolute Gasteiger partial charge is 0.255 e. The van der Waals surface area contributed by atoms with E-state index < -0.39 is 0 Å². The van der Waals surface area contributed by atoms with Gasteiger partial charge in [0, 0.05) is 42.8 Å². The fraction of sp³-hybridized carbons (Fsp3) is 0.333. The molecule has 0 aliphatic heterocycles. The van der Waals surface area contributed by atoms with Crippen molar-refractivity contribution in [2.24, 2.45) is 0 Å². The zero-order valence-electron chi connectivity index (χ0n) is 14.2. The summed E-state index contributed by atoms with van der Waals surface area (Å²) in [4.78, 5) is 28.9. The number of aromatic nitrogens is 1. The van der Waals surface area contributed by atoms with Gasteiger partial charge in [0.15, 0.2) is 0 Å². The Morgan fingerprint density at radius 1 is 1.17 bits per heavy atom. The maximum Gasteiger partial charge on any atom is 0.255 e. The third-order valence-electron chi connectivity index (χ3n) is 3.72. The summed E-state index contributed by atoms with van der Waals surface area (Å²) in [7, 11) is 3.94. The van der Waals surface area contributed by atoms with E-state index in [1.807, 2.05) is 58.0 Å². The van der Waals surface area contributed by atoms with Crippen molar-refractivity contribution in [3.8, 4) is 0 Å². The number of aryl methyl sites for hydroxylation is 1. The first-order valence-corrected chi connectivity index (χ1v) is 7.61. The SMILES string of the molecule is Cc1cc(N(C)C)ccc1NC(=O)c1cc(C(C)C)[nH]c(=O)c1. The van der Waals surface area contributed by atoms with Crippen LogP contribution in [0.3, 0.4) is 0 Å². The highest BCUT2D eigenvalue weighted by Gasteiger charge is 2.12. The summed E-state index contributed by atoms with van der Waals surface area (Å²) in [6.07, 6.45) is 0. The molecule has 23 heavy (non-hydrogen) atoms. The number of anilines is 2. The summed E-state index contributed by atoms with van der Waals surface area (Å²) in [5, 5.41) is 2.88. The third-order valence-corrected chi connectivity index (χ3v) is 3.72. The van der Waals surface area contributed by atoms with E-state index in [1.54, 1.807) is 6.07 Å². The van der Waals surface area contributed by atoms with Crippen molar-refractivity contribution in [1.29, 1.82) is 0 Å². The van der Waals surface area contributed by atoms with Crippen LogP contribution >= 0.6 is 0 Å². The highest BCUT2D eigenvalue weighted by atomic mass is 16.2. The minimum Gasteiger partial charge on any atom is -0.378 e. The van der Waals surface area contributed by atoms with E-state index in [2.05, 4.69) is 10.3 Å². The van der Waals surface area contributed by atoms with Crippen LogP contribution in [-0.4, -0.2) is 25.0 Å². The lowest BCUT2D eigenvalue weighted by Gasteiger charge is -2.15. The minimum atomic E-state index is -0.279. The van der Waals surface area contributed by atoms with E-state index >= 15 is 0 Å². The second kappa shape index (κ2) is 6.69. The Bertz CT molecular complexity index is 776. The van der Waals surface area contributed by atoms with Crippen LogP contribution in [0.4, 0.5) is 11.4 Å². The Balaban J connectivity index is 2.27. The molecule has 5 heteroatoms. The maximum atomic E-state index is 12.4. The topological polar surface area (TPSA) is 65.2 Å². The number of nitrogens with zero attached hydrogens (tertiary/aromatic N) is 1. The minimum absolute atomic E-state index is 0.150. The summed E-state index contributed by atoms with van der Waals surface area (Å²) in [5.41, 5.74) is 3.64. The molecule has 0 radical (unpaired) electrons. The van der Waals surface area contributed by atoms with Gasteiger partial charge in [-0.15, -0.1) is 0 Å². The Morgan fingerprint density at radius 2 is 1.87 bits per heavy atom. The van der Waals surface area contributed by atoms with Crippen molar-refractivity contribution in [1.82, 2.24) is 4.98 Å². The number of amides is 1. The van der Waals surface area contributed by atoms with Gasteiger partial charge < -0.3 is 15.2 Å². The lowest BCUT2D eigenvalue weighted by molar-refractivity contribution is 0.102. The van der Waals surface area contributed by atoms with E-state index in [4.69, 9.17) is 0 Å². The lowest BCUT2D eigenvalue weighted by Crippen LogP contribution is -2.18. The highest BCUT2D eigenvalue weighted by Crippen LogP contribution is 2.22. The van der Waals surface area contributed by atoms with Crippen molar-refractivity contribution in [2.75, 3.05) is 24.3 Å². The number of H-pyrrole nitrogens is 1. The molecule has 0 spiro atoms. The molecule has 2 aromatic rings. The van der Waals surface area contributed by atoms with E-state index in [-0.39, 0.29) is 17.4 Å². The van der Waals surface area contributed by atoms with Crippen molar-refractivity contribution in [2.45, 2.75) is 26.7 Å². The number of pyridine rings is 1. The van der Waals surface area contributed by atoms with Gasteiger partial charge in [-0.2, -0.15) is 0 Å². The van der Waals surface area contributed by atoms with Gasteiger partial charge in [0.25, 0.3) is 5.91 Å². The van der Waals surface area contributed by atoms with Gasteiger partial charge in [-0.3, -0.25) is 9.59 Å². The molecule has 122 valence electrons. The number of aromatic amines is 1. The van der Waals surface area contributed by atoms with Gasteiger partial charge in [-0.25, -0.2) is 0 Å².